The maximum absolute atomic E-state index is 5.90. The van der Waals surface area contributed by atoms with Crippen molar-refractivity contribution in [1.82, 2.24) is 30.1 Å². The van der Waals surface area contributed by atoms with E-state index in [0.717, 1.165) is 44.6 Å². The summed E-state index contributed by atoms with van der Waals surface area (Å²) in [5, 5.41) is 9.68. The van der Waals surface area contributed by atoms with Gasteiger partial charge in [0.25, 0.3) is 0 Å². The molecular formula is C23H17N7S. The number of rotatable bonds is 3. The molecule has 7 nitrogen and oxygen atoms in total. The first-order valence-corrected chi connectivity index (χ1v) is 10.6. The number of hydrogen-bond acceptors (Lipinski definition) is 6. The predicted molar refractivity (Wildman–Crippen MR) is 125 cm³/mol. The molecule has 6 heterocycles. The molecule has 0 atom stereocenters. The lowest BCUT2D eigenvalue weighted by atomic mass is 10.1. The molecule has 4 N–H and O–H groups in total. The van der Waals surface area contributed by atoms with Crippen LogP contribution >= 0.6 is 11.3 Å². The summed E-state index contributed by atoms with van der Waals surface area (Å²) in [6.07, 6.45) is 7.00. The molecular weight excluding hydrogens is 406 g/mol. The first-order chi connectivity index (χ1) is 15.2. The van der Waals surface area contributed by atoms with Crippen LogP contribution in [0.5, 0.6) is 0 Å². The second kappa shape index (κ2) is 6.75. The Balaban J connectivity index is 1.51. The SMILES string of the molecule is Cc1ccc(-c2ccnc3[nH]c(-c4n[nH]c5cnc(-c6cncc(N)c6)cc45)cc23)s1. The number of nitrogen functional groups attached to an aromatic ring is 1. The number of aryl methyl sites for hydroxylation is 1. The number of nitrogens with one attached hydrogen (secondary N) is 2. The molecule has 0 aliphatic rings. The zero-order valence-corrected chi connectivity index (χ0v) is 17.4. The van der Waals surface area contributed by atoms with Crippen molar-refractivity contribution in [2.24, 2.45) is 0 Å². The van der Waals surface area contributed by atoms with Crippen molar-refractivity contribution < 1.29 is 0 Å². The fourth-order valence-electron chi connectivity index (χ4n) is 3.83. The Kier molecular flexibility index (Phi) is 3.87. The van der Waals surface area contributed by atoms with Crippen molar-refractivity contribution in [1.29, 1.82) is 0 Å². The monoisotopic (exact) mass is 423 g/mol. The van der Waals surface area contributed by atoms with E-state index in [1.807, 2.05) is 18.3 Å². The molecule has 8 heteroatoms. The highest BCUT2D eigenvalue weighted by molar-refractivity contribution is 7.15. The van der Waals surface area contributed by atoms with Crippen LogP contribution in [-0.2, 0) is 0 Å². The molecule has 0 amide bonds. The lowest BCUT2D eigenvalue weighted by Crippen LogP contribution is -1.89. The van der Waals surface area contributed by atoms with E-state index in [0.29, 0.717) is 5.69 Å². The molecule has 0 spiro atoms. The quantitative estimate of drug-likeness (QED) is 0.363. The maximum Gasteiger partial charge on any atom is 0.138 e. The molecule has 6 aromatic heterocycles. The first kappa shape index (κ1) is 17.8. The van der Waals surface area contributed by atoms with Gasteiger partial charge in [0.05, 0.1) is 28.8 Å². The molecule has 0 saturated carbocycles. The topological polar surface area (TPSA) is 109 Å². The molecule has 0 aromatic carbocycles. The highest BCUT2D eigenvalue weighted by Crippen LogP contribution is 2.36. The number of aromatic nitrogens is 6. The van der Waals surface area contributed by atoms with Gasteiger partial charge in [-0.15, -0.1) is 11.3 Å². The number of aromatic amines is 2. The van der Waals surface area contributed by atoms with Crippen LogP contribution in [0.3, 0.4) is 0 Å². The summed E-state index contributed by atoms with van der Waals surface area (Å²) in [4.78, 5) is 19.2. The van der Waals surface area contributed by atoms with Gasteiger partial charge in [0.15, 0.2) is 0 Å². The normalized spacial score (nSPS) is 11.5. The summed E-state index contributed by atoms with van der Waals surface area (Å²) in [7, 11) is 0. The smallest absolute Gasteiger partial charge is 0.138 e. The first-order valence-electron chi connectivity index (χ1n) is 9.75. The minimum absolute atomic E-state index is 0.602. The Hall–Kier alpha value is -4.04. The lowest BCUT2D eigenvalue weighted by molar-refractivity contribution is 1.11. The number of nitrogens with zero attached hydrogens (tertiary/aromatic N) is 4. The second-order valence-electron chi connectivity index (χ2n) is 7.41. The van der Waals surface area contributed by atoms with Gasteiger partial charge in [-0.05, 0) is 43.3 Å². The minimum Gasteiger partial charge on any atom is -0.397 e. The highest BCUT2D eigenvalue weighted by atomic mass is 32.1. The minimum atomic E-state index is 0.602. The third-order valence-electron chi connectivity index (χ3n) is 5.30. The summed E-state index contributed by atoms with van der Waals surface area (Å²) >= 11 is 1.78. The summed E-state index contributed by atoms with van der Waals surface area (Å²) in [5.41, 5.74) is 12.7. The van der Waals surface area contributed by atoms with E-state index in [1.165, 1.54) is 15.3 Å². The fraction of sp³-hybridized carbons (Fsp3) is 0.0435. The molecule has 0 fully saturated rings. The van der Waals surface area contributed by atoms with Gasteiger partial charge in [-0.25, -0.2) is 4.98 Å². The van der Waals surface area contributed by atoms with E-state index >= 15 is 0 Å². The Bertz CT molecular complexity index is 1570. The van der Waals surface area contributed by atoms with Crippen molar-refractivity contribution in [2.45, 2.75) is 6.92 Å². The zero-order valence-electron chi connectivity index (χ0n) is 16.5. The summed E-state index contributed by atoms with van der Waals surface area (Å²) < 4.78 is 0. The Morgan fingerprint density at radius 3 is 2.74 bits per heavy atom. The number of nitrogens with two attached hydrogens (primary N) is 1. The van der Waals surface area contributed by atoms with E-state index in [2.05, 4.69) is 61.3 Å². The Labute approximate surface area is 181 Å². The number of pyridine rings is 3. The molecule has 0 radical (unpaired) electrons. The number of anilines is 1. The van der Waals surface area contributed by atoms with Crippen molar-refractivity contribution in [3.63, 3.8) is 0 Å². The molecule has 0 bridgehead atoms. The van der Waals surface area contributed by atoms with Crippen LogP contribution in [0.15, 0.2) is 61.2 Å². The Morgan fingerprint density at radius 1 is 0.968 bits per heavy atom. The van der Waals surface area contributed by atoms with E-state index in [1.54, 1.807) is 29.9 Å². The summed E-state index contributed by atoms with van der Waals surface area (Å²) in [6, 6.07) is 12.3. The van der Waals surface area contributed by atoms with Gasteiger partial charge in [-0.3, -0.25) is 15.1 Å². The second-order valence-corrected chi connectivity index (χ2v) is 8.70. The summed E-state index contributed by atoms with van der Waals surface area (Å²) in [6.45, 7) is 2.12. The van der Waals surface area contributed by atoms with Gasteiger partial charge in [0.2, 0.25) is 0 Å². The van der Waals surface area contributed by atoms with E-state index in [4.69, 9.17) is 5.73 Å². The van der Waals surface area contributed by atoms with Crippen LogP contribution in [0, 0.1) is 6.92 Å². The molecule has 0 aliphatic heterocycles. The molecule has 0 saturated heterocycles. The van der Waals surface area contributed by atoms with Crippen LogP contribution in [-0.4, -0.2) is 30.1 Å². The van der Waals surface area contributed by atoms with Crippen LogP contribution in [0.2, 0.25) is 0 Å². The predicted octanol–water partition coefficient (Wildman–Crippen LogP) is 5.18. The van der Waals surface area contributed by atoms with Crippen molar-refractivity contribution in [3.8, 4) is 33.1 Å². The molecule has 31 heavy (non-hydrogen) atoms. The van der Waals surface area contributed by atoms with Gasteiger partial charge in [0.1, 0.15) is 11.3 Å². The van der Waals surface area contributed by atoms with Crippen molar-refractivity contribution >= 4 is 39.0 Å². The third-order valence-corrected chi connectivity index (χ3v) is 6.33. The van der Waals surface area contributed by atoms with Crippen LogP contribution in [0.25, 0.3) is 55.0 Å². The standard InChI is InChI=1S/C23H17N7S/c1-12-2-3-21(31-12)15-4-5-26-23-16(15)7-19(28-23)22-17-8-18(27-11-20(17)29-30-22)13-6-14(24)10-25-9-13/h2-11H,24H2,1H3,(H,26,28)(H,29,30). The molecule has 0 unspecified atom stereocenters. The van der Waals surface area contributed by atoms with Gasteiger partial charge in [-0.2, -0.15) is 5.10 Å². The Morgan fingerprint density at radius 2 is 1.90 bits per heavy atom. The van der Waals surface area contributed by atoms with E-state index in [-0.39, 0.29) is 0 Å². The molecule has 0 aliphatic carbocycles. The zero-order chi connectivity index (χ0) is 20.9. The van der Waals surface area contributed by atoms with Gasteiger partial charge in [0, 0.05) is 50.2 Å². The van der Waals surface area contributed by atoms with E-state index < -0.39 is 0 Å². The number of hydrogen-bond donors (Lipinski definition) is 3. The maximum atomic E-state index is 5.90. The molecule has 6 aromatic rings. The fourth-order valence-corrected chi connectivity index (χ4v) is 4.73. The molecule has 150 valence electrons. The van der Waals surface area contributed by atoms with E-state index in [9.17, 15) is 0 Å². The van der Waals surface area contributed by atoms with Crippen LogP contribution < -0.4 is 5.73 Å². The van der Waals surface area contributed by atoms with Crippen LogP contribution in [0.4, 0.5) is 5.69 Å². The van der Waals surface area contributed by atoms with Gasteiger partial charge >= 0.3 is 0 Å². The number of H-pyrrole nitrogens is 2. The third kappa shape index (κ3) is 2.96. The lowest BCUT2D eigenvalue weighted by Gasteiger charge is -2.02. The van der Waals surface area contributed by atoms with Gasteiger partial charge < -0.3 is 10.7 Å². The molecule has 6 rings (SSSR count). The van der Waals surface area contributed by atoms with Crippen molar-refractivity contribution in [3.05, 3.63) is 66.1 Å². The average molecular weight is 424 g/mol. The number of thiophene rings is 1. The van der Waals surface area contributed by atoms with Crippen LogP contribution in [0.1, 0.15) is 4.88 Å². The van der Waals surface area contributed by atoms with Gasteiger partial charge in [-0.1, -0.05) is 0 Å². The average Bonchev–Trinajstić information content (AvgIpc) is 3.50. The largest absolute Gasteiger partial charge is 0.397 e. The summed E-state index contributed by atoms with van der Waals surface area (Å²) in [5.74, 6) is 0. The highest BCUT2D eigenvalue weighted by Gasteiger charge is 2.16. The van der Waals surface area contributed by atoms with Crippen molar-refractivity contribution in [2.75, 3.05) is 5.73 Å². The number of fused-ring (bicyclic) bond motifs is 2.